The van der Waals surface area contributed by atoms with Crippen molar-refractivity contribution in [2.75, 3.05) is 6.54 Å². The van der Waals surface area contributed by atoms with Crippen molar-refractivity contribution in [3.05, 3.63) is 21.8 Å². The van der Waals surface area contributed by atoms with Gasteiger partial charge in [-0.3, -0.25) is 10.1 Å². The molecule has 1 N–H and O–H groups in total. The van der Waals surface area contributed by atoms with Crippen molar-refractivity contribution in [2.24, 2.45) is 5.92 Å². The molecule has 0 spiro atoms. The lowest BCUT2D eigenvalue weighted by molar-refractivity contribution is -0.485. The van der Waals surface area contributed by atoms with Gasteiger partial charge >= 0.3 is 5.97 Å². The van der Waals surface area contributed by atoms with E-state index in [1.165, 1.54) is 13.0 Å². The molecule has 5 heteroatoms. The van der Waals surface area contributed by atoms with Crippen molar-refractivity contribution in [2.45, 2.75) is 20.3 Å². The molecule has 0 fully saturated rings. The van der Waals surface area contributed by atoms with Gasteiger partial charge in [-0.15, -0.1) is 0 Å². The number of carboxylic acid groups (broad SMARTS) is 1. The molecule has 74 valence electrons. The normalized spacial score (nSPS) is 13.8. The van der Waals surface area contributed by atoms with E-state index in [-0.39, 0.29) is 18.0 Å². The lowest BCUT2D eigenvalue weighted by Gasteiger charge is -2.04. The SMILES string of the molecule is CCC(C=C(C)C(=O)O)C[N+](=O)[O-]. The Kier molecular flexibility index (Phi) is 4.72. The number of hydrogen-bond donors (Lipinski definition) is 1. The van der Waals surface area contributed by atoms with Gasteiger partial charge in [0, 0.05) is 16.4 Å². The minimum absolute atomic E-state index is 0.161. The molecule has 0 radical (unpaired) electrons. The van der Waals surface area contributed by atoms with Gasteiger partial charge in [-0.25, -0.2) is 4.79 Å². The summed E-state index contributed by atoms with van der Waals surface area (Å²) in [6.45, 7) is 3.02. The fourth-order valence-corrected chi connectivity index (χ4v) is 0.916. The average molecular weight is 187 g/mol. The van der Waals surface area contributed by atoms with Gasteiger partial charge in [0.1, 0.15) is 0 Å². The first-order chi connectivity index (χ1) is 5.97. The van der Waals surface area contributed by atoms with Crippen molar-refractivity contribution in [1.29, 1.82) is 0 Å². The highest BCUT2D eigenvalue weighted by atomic mass is 16.6. The van der Waals surface area contributed by atoms with E-state index in [0.29, 0.717) is 6.42 Å². The molecule has 0 aromatic heterocycles. The topological polar surface area (TPSA) is 80.4 Å². The number of hydrogen-bond acceptors (Lipinski definition) is 3. The fourth-order valence-electron chi connectivity index (χ4n) is 0.916. The highest BCUT2D eigenvalue weighted by molar-refractivity contribution is 5.85. The fraction of sp³-hybridized carbons (Fsp3) is 0.625. The maximum atomic E-state index is 10.4. The molecule has 5 nitrogen and oxygen atoms in total. The van der Waals surface area contributed by atoms with Crippen LogP contribution in [0.3, 0.4) is 0 Å². The Morgan fingerprint density at radius 3 is 2.54 bits per heavy atom. The van der Waals surface area contributed by atoms with E-state index in [1.54, 1.807) is 6.92 Å². The molecule has 0 saturated heterocycles. The molecule has 13 heavy (non-hydrogen) atoms. The molecule has 1 unspecified atom stereocenters. The van der Waals surface area contributed by atoms with Crippen LogP contribution in [0.4, 0.5) is 0 Å². The van der Waals surface area contributed by atoms with Crippen LogP contribution in [0, 0.1) is 16.0 Å². The summed E-state index contributed by atoms with van der Waals surface area (Å²) in [5.41, 5.74) is 0.161. The Morgan fingerprint density at radius 1 is 1.69 bits per heavy atom. The van der Waals surface area contributed by atoms with Crippen LogP contribution in [0.2, 0.25) is 0 Å². The second-order valence-electron chi connectivity index (χ2n) is 2.84. The van der Waals surface area contributed by atoms with Gasteiger partial charge in [0.15, 0.2) is 0 Å². The quantitative estimate of drug-likeness (QED) is 0.400. The minimum Gasteiger partial charge on any atom is -0.478 e. The zero-order valence-electron chi connectivity index (χ0n) is 7.69. The molecule has 0 saturated carbocycles. The van der Waals surface area contributed by atoms with Crippen molar-refractivity contribution >= 4 is 5.97 Å². The molecule has 0 bridgehead atoms. The van der Waals surface area contributed by atoms with Crippen LogP contribution >= 0.6 is 0 Å². The Balaban J connectivity index is 4.34. The second kappa shape index (κ2) is 5.29. The van der Waals surface area contributed by atoms with Crippen molar-refractivity contribution < 1.29 is 14.8 Å². The molecule has 0 aromatic carbocycles. The summed E-state index contributed by atoms with van der Waals surface area (Å²) in [6.07, 6.45) is 2.01. The zero-order valence-corrected chi connectivity index (χ0v) is 7.69. The number of aliphatic carboxylic acids is 1. The van der Waals surface area contributed by atoms with Gasteiger partial charge in [-0.2, -0.15) is 0 Å². The van der Waals surface area contributed by atoms with Crippen LogP contribution in [0.15, 0.2) is 11.6 Å². The largest absolute Gasteiger partial charge is 0.478 e. The van der Waals surface area contributed by atoms with Gasteiger partial charge in [-0.05, 0) is 13.3 Å². The van der Waals surface area contributed by atoms with Crippen LogP contribution in [-0.2, 0) is 4.79 Å². The highest BCUT2D eigenvalue weighted by Gasteiger charge is 2.12. The summed E-state index contributed by atoms with van der Waals surface area (Å²) in [5.74, 6) is -1.31. The van der Waals surface area contributed by atoms with Crippen molar-refractivity contribution in [1.82, 2.24) is 0 Å². The van der Waals surface area contributed by atoms with E-state index in [0.717, 1.165) is 0 Å². The Hall–Kier alpha value is -1.39. The number of carboxylic acids is 1. The summed E-state index contributed by atoms with van der Waals surface area (Å²) < 4.78 is 0. The monoisotopic (exact) mass is 187 g/mol. The molecule has 0 aliphatic heterocycles. The third-order valence-corrected chi connectivity index (χ3v) is 1.73. The van der Waals surface area contributed by atoms with Crippen LogP contribution in [0.25, 0.3) is 0 Å². The van der Waals surface area contributed by atoms with E-state index < -0.39 is 10.9 Å². The average Bonchev–Trinajstić information content (AvgIpc) is 2.02. The van der Waals surface area contributed by atoms with E-state index in [9.17, 15) is 14.9 Å². The van der Waals surface area contributed by atoms with Gasteiger partial charge in [0.05, 0.1) is 0 Å². The maximum absolute atomic E-state index is 10.4. The third-order valence-electron chi connectivity index (χ3n) is 1.73. The molecule has 0 aliphatic rings. The van der Waals surface area contributed by atoms with Gasteiger partial charge in [0.2, 0.25) is 6.54 Å². The number of nitro groups is 1. The summed E-state index contributed by atoms with van der Waals surface area (Å²) in [5, 5.41) is 18.7. The Bertz CT molecular complexity index is 234. The minimum atomic E-state index is -1.03. The lowest BCUT2D eigenvalue weighted by Crippen LogP contribution is -2.12. The predicted octanol–water partition coefficient (Wildman–Crippen LogP) is 1.32. The van der Waals surface area contributed by atoms with Gasteiger partial charge < -0.3 is 5.11 Å². The standard InChI is InChI=1S/C8H13NO4/c1-3-7(5-9(12)13)4-6(2)8(10)11/h4,7H,3,5H2,1-2H3,(H,10,11). The van der Waals surface area contributed by atoms with Crippen molar-refractivity contribution in [3.63, 3.8) is 0 Å². The second-order valence-corrected chi connectivity index (χ2v) is 2.84. The van der Waals surface area contributed by atoms with Gasteiger partial charge in [0.25, 0.3) is 0 Å². The molecule has 0 rings (SSSR count). The smallest absolute Gasteiger partial charge is 0.330 e. The van der Waals surface area contributed by atoms with E-state index in [1.807, 2.05) is 0 Å². The predicted molar refractivity (Wildman–Crippen MR) is 47.0 cm³/mol. The number of nitrogens with zero attached hydrogens (tertiary/aromatic N) is 1. The summed E-state index contributed by atoms with van der Waals surface area (Å²) in [7, 11) is 0. The van der Waals surface area contributed by atoms with E-state index in [2.05, 4.69) is 0 Å². The number of carbonyl (C=O) groups is 1. The Morgan fingerprint density at radius 2 is 2.23 bits per heavy atom. The van der Waals surface area contributed by atoms with E-state index >= 15 is 0 Å². The summed E-state index contributed by atoms with van der Waals surface area (Å²) in [6, 6.07) is 0. The third kappa shape index (κ3) is 4.95. The number of rotatable bonds is 5. The maximum Gasteiger partial charge on any atom is 0.330 e. The van der Waals surface area contributed by atoms with Crippen LogP contribution in [0.1, 0.15) is 20.3 Å². The molecular formula is C8H13NO4. The molecule has 0 aromatic rings. The van der Waals surface area contributed by atoms with E-state index in [4.69, 9.17) is 5.11 Å². The van der Waals surface area contributed by atoms with Crippen LogP contribution in [0.5, 0.6) is 0 Å². The van der Waals surface area contributed by atoms with Crippen molar-refractivity contribution in [3.8, 4) is 0 Å². The molecule has 0 heterocycles. The molecule has 0 aliphatic carbocycles. The summed E-state index contributed by atoms with van der Waals surface area (Å²) >= 11 is 0. The zero-order chi connectivity index (χ0) is 10.4. The first-order valence-electron chi connectivity index (χ1n) is 4.00. The van der Waals surface area contributed by atoms with Gasteiger partial charge in [-0.1, -0.05) is 13.0 Å². The lowest BCUT2D eigenvalue weighted by atomic mass is 10.0. The van der Waals surface area contributed by atoms with Crippen LogP contribution < -0.4 is 0 Å². The highest BCUT2D eigenvalue weighted by Crippen LogP contribution is 2.08. The molecule has 0 amide bonds. The molecule has 1 atom stereocenters. The Labute approximate surface area is 76.2 Å². The summed E-state index contributed by atoms with van der Waals surface area (Å²) in [4.78, 5) is 20.1. The first-order valence-corrected chi connectivity index (χ1v) is 4.00. The molecular weight excluding hydrogens is 174 g/mol. The van der Waals surface area contributed by atoms with Crippen LogP contribution in [-0.4, -0.2) is 22.5 Å². The first kappa shape index (κ1) is 11.6.